The van der Waals surface area contributed by atoms with Crippen LogP contribution in [-0.4, -0.2) is 35.7 Å². The quantitative estimate of drug-likeness (QED) is 0.835. The molecule has 2 rings (SSSR count). The van der Waals surface area contributed by atoms with Gasteiger partial charge in [0.15, 0.2) is 0 Å². The first kappa shape index (κ1) is 17.5. The van der Waals surface area contributed by atoms with Crippen LogP contribution in [0, 0.1) is 11.7 Å². The van der Waals surface area contributed by atoms with Crippen LogP contribution >= 0.6 is 0 Å². The second-order valence-electron chi connectivity index (χ2n) is 5.57. The number of likely N-dealkylation sites (tertiary alicyclic amines) is 1. The minimum atomic E-state index is -4.68. The number of nitrogens with zero attached hydrogens (tertiary/aromatic N) is 1. The average molecular weight is 334 g/mol. The number of nitrogens with one attached hydrogen (secondary N) is 1. The van der Waals surface area contributed by atoms with Crippen molar-refractivity contribution in [2.24, 2.45) is 5.92 Å². The fourth-order valence-electron chi connectivity index (χ4n) is 2.57. The summed E-state index contributed by atoms with van der Waals surface area (Å²) in [7, 11) is 0. The maximum Gasteiger partial charge on any atom is 0.416 e. The third kappa shape index (κ3) is 4.57. The number of hydrogen-bond acceptors (Lipinski definition) is 2. The molecule has 1 heterocycles. The third-order valence-electron chi connectivity index (χ3n) is 3.97. The molecule has 0 bridgehead atoms. The number of amides is 2. The first-order chi connectivity index (χ1) is 10.8. The zero-order valence-electron chi connectivity index (χ0n) is 12.4. The second-order valence-corrected chi connectivity index (χ2v) is 5.57. The van der Waals surface area contributed by atoms with E-state index in [9.17, 15) is 22.4 Å². The van der Waals surface area contributed by atoms with E-state index < -0.39 is 23.6 Å². The highest BCUT2D eigenvalue weighted by Gasteiger charge is 2.34. The van der Waals surface area contributed by atoms with Gasteiger partial charge >= 0.3 is 12.2 Å². The summed E-state index contributed by atoms with van der Waals surface area (Å²) in [6.07, 6.45) is -3.36. The Morgan fingerprint density at radius 2 is 1.96 bits per heavy atom. The minimum Gasteiger partial charge on any atom is -0.396 e. The molecule has 2 amide bonds. The normalized spacial score (nSPS) is 16.5. The highest BCUT2D eigenvalue weighted by molar-refractivity contribution is 5.74. The van der Waals surface area contributed by atoms with E-state index in [1.165, 1.54) is 4.90 Å². The molecule has 0 aromatic heterocycles. The first-order valence-electron chi connectivity index (χ1n) is 7.30. The van der Waals surface area contributed by atoms with E-state index in [1.54, 1.807) is 0 Å². The third-order valence-corrected chi connectivity index (χ3v) is 3.97. The second kappa shape index (κ2) is 7.16. The number of halogens is 4. The molecule has 0 saturated carbocycles. The summed E-state index contributed by atoms with van der Waals surface area (Å²) in [5.41, 5.74) is -1.27. The van der Waals surface area contributed by atoms with Crippen LogP contribution in [-0.2, 0) is 12.7 Å². The van der Waals surface area contributed by atoms with Gasteiger partial charge in [0.2, 0.25) is 0 Å². The molecule has 8 heteroatoms. The Morgan fingerprint density at radius 3 is 2.52 bits per heavy atom. The Bertz CT molecular complexity index is 555. The van der Waals surface area contributed by atoms with Gasteiger partial charge in [-0.2, -0.15) is 13.2 Å². The largest absolute Gasteiger partial charge is 0.416 e. The van der Waals surface area contributed by atoms with Gasteiger partial charge in [-0.3, -0.25) is 0 Å². The number of aliphatic hydroxyl groups excluding tert-OH is 1. The number of rotatable bonds is 3. The molecule has 128 valence electrons. The van der Waals surface area contributed by atoms with Crippen LogP contribution in [0.4, 0.5) is 22.4 Å². The van der Waals surface area contributed by atoms with Gasteiger partial charge in [0.25, 0.3) is 0 Å². The van der Waals surface area contributed by atoms with Gasteiger partial charge in [-0.05, 0) is 36.5 Å². The number of piperidine rings is 1. The molecule has 0 unspecified atom stereocenters. The molecule has 1 aliphatic rings. The fraction of sp³-hybridized carbons (Fsp3) is 0.533. The van der Waals surface area contributed by atoms with Crippen LogP contribution < -0.4 is 5.32 Å². The summed E-state index contributed by atoms with van der Waals surface area (Å²) < 4.78 is 51.6. The predicted octanol–water partition coefficient (Wildman–Crippen LogP) is 2.76. The van der Waals surface area contributed by atoms with Gasteiger partial charge in [-0.1, -0.05) is 6.07 Å². The molecule has 2 N–H and O–H groups in total. The molecule has 4 nitrogen and oxygen atoms in total. The Hall–Kier alpha value is -1.83. The zero-order chi connectivity index (χ0) is 17.0. The van der Waals surface area contributed by atoms with Crippen molar-refractivity contribution in [3.8, 4) is 0 Å². The summed E-state index contributed by atoms with van der Waals surface area (Å²) in [6.45, 7) is 0.646. The molecule has 23 heavy (non-hydrogen) atoms. The molecule has 1 aromatic rings. The number of hydrogen-bond donors (Lipinski definition) is 2. The van der Waals surface area contributed by atoms with Crippen molar-refractivity contribution in [3.05, 3.63) is 35.1 Å². The van der Waals surface area contributed by atoms with E-state index in [4.69, 9.17) is 5.11 Å². The van der Waals surface area contributed by atoms with Crippen molar-refractivity contribution < 1.29 is 27.5 Å². The van der Waals surface area contributed by atoms with E-state index >= 15 is 0 Å². The number of alkyl halides is 3. The fourth-order valence-corrected chi connectivity index (χ4v) is 2.57. The molecule has 0 radical (unpaired) electrons. The predicted molar refractivity (Wildman–Crippen MR) is 75.0 cm³/mol. The number of benzene rings is 1. The van der Waals surface area contributed by atoms with Crippen molar-refractivity contribution >= 4 is 6.03 Å². The highest BCUT2D eigenvalue weighted by Crippen LogP contribution is 2.32. The molecule has 0 atom stereocenters. The number of aliphatic hydroxyl groups is 1. The first-order valence-corrected chi connectivity index (χ1v) is 7.30. The van der Waals surface area contributed by atoms with Gasteiger partial charge < -0.3 is 15.3 Å². The van der Waals surface area contributed by atoms with Crippen molar-refractivity contribution in [1.29, 1.82) is 0 Å². The molecule has 1 aliphatic heterocycles. The minimum absolute atomic E-state index is 0.0694. The lowest BCUT2D eigenvalue weighted by atomic mass is 9.98. The summed E-state index contributed by atoms with van der Waals surface area (Å²) in [4.78, 5) is 13.5. The van der Waals surface area contributed by atoms with Crippen LogP contribution in [0.1, 0.15) is 24.0 Å². The lowest BCUT2D eigenvalue weighted by Gasteiger charge is -2.31. The van der Waals surface area contributed by atoms with E-state index in [-0.39, 0.29) is 24.6 Å². The zero-order valence-corrected chi connectivity index (χ0v) is 12.4. The van der Waals surface area contributed by atoms with Gasteiger partial charge in [0.1, 0.15) is 5.82 Å². The van der Waals surface area contributed by atoms with Crippen LogP contribution in [0.5, 0.6) is 0 Å². The molecule has 0 aliphatic carbocycles. The maximum atomic E-state index is 13.0. The number of carbonyl (C=O) groups is 1. The van der Waals surface area contributed by atoms with Gasteiger partial charge in [0.05, 0.1) is 5.56 Å². The van der Waals surface area contributed by atoms with Crippen LogP contribution in [0.3, 0.4) is 0 Å². The Labute approximate surface area is 131 Å². The monoisotopic (exact) mass is 334 g/mol. The van der Waals surface area contributed by atoms with Crippen molar-refractivity contribution in [2.45, 2.75) is 25.6 Å². The highest BCUT2D eigenvalue weighted by atomic mass is 19.4. The molecule has 1 fully saturated rings. The standard InChI is InChI=1S/C15H18F4N2O2/c16-12-2-1-11(13(7-12)15(17,18)19)8-20-14(23)21-5-3-10(9-22)4-6-21/h1-2,7,10,22H,3-6,8-9H2,(H,20,23). The Balaban J connectivity index is 1.97. The average Bonchev–Trinajstić information content (AvgIpc) is 2.52. The van der Waals surface area contributed by atoms with Gasteiger partial charge in [-0.25, -0.2) is 9.18 Å². The molecule has 1 aromatic carbocycles. The van der Waals surface area contributed by atoms with Crippen LogP contribution in [0.15, 0.2) is 18.2 Å². The van der Waals surface area contributed by atoms with Gasteiger partial charge in [0, 0.05) is 26.2 Å². The number of urea groups is 1. The summed E-state index contributed by atoms with van der Waals surface area (Å²) in [5.74, 6) is -0.813. The summed E-state index contributed by atoms with van der Waals surface area (Å²) >= 11 is 0. The smallest absolute Gasteiger partial charge is 0.396 e. The summed E-state index contributed by atoms with van der Waals surface area (Å²) in [5, 5.41) is 11.5. The van der Waals surface area contributed by atoms with Crippen LogP contribution in [0.2, 0.25) is 0 Å². The SMILES string of the molecule is O=C(NCc1ccc(F)cc1C(F)(F)F)N1CCC(CO)CC1. The molecule has 0 spiro atoms. The van der Waals surface area contributed by atoms with Gasteiger partial charge in [-0.15, -0.1) is 0 Å². The Kier molecular flexibility index (Phi) is 5.46. The number of carbonyl (C=O) groups excluding carboxylic acids is 1. The van der Waals surface area contributed by atoms with Crippen LogP contribution in [0.25, 0.3) is 0 Å². The van der Waals surface area contributed by atoms with Crippen molar-refractivity contribution in [1.82, 2.24) is 10.2 Å². The van der Waals surface area contributed by atoms with E-state index in [1.807, 2.05) is 0 Å². The van der Waals surface area contributed by atoms with Crippen molar-refractivity contribution in [2.75, 3.05) is 19.7 Å². The van der Waals surface area contributed by atoms with E-state index in [0.29, 0.717) is 32.0 Å². The lowest BCUT2D eigenvalue weighted by molar-refractivity contribution is -0.138. The lowest BCUT2D eigenvalue weighted by Crippen LogP contribution is -2.44. The Morgan fingerprint density at radius 1 is 1.30 bits per heavy atom. The molecular weight excluding hydrogens is 316 g/mol. The molecular formula is C15H18F4N2O2. The molecule has 1 saturated heterocycles. The maximum absolute atomic E-state index is 13.0. The topological polar surface area (TPSA) is 52.6 Å². The van der Waals surface area contributed by atoms with E-state index in [0.717, 1.165) is 12.1 Å². The summed E-state index contributed by atoms with van der Waals surface area (Å²) in [6, 6.07) is 1.92. The van der Waals surface area contributed by atoms with Crippen molar-refractivity contribution in [3.63, 3.8) is 0 Å². The van der Waals surface area contributed by atoms with E-state index in [2.05, 4.69) is 5.32 Å².